The van der Waals surface area contributed by atoms with Gasteiger partial charge in [-0.05, 0) is 52.5 Å². The minimum Gasteiger partial charge on any atom is -0.391 e. The van der Waals surface area contributed by atoms with Gasteiger partial charge in [-0.1, -0.05) is 29.3 Å². The summed E-state index contributed by atoms with van der Waals surface area (Å²) in [6.07, 6.45) is 1.50. The van der Waals surface area contributed by atoms with Crippen LogP contribution in [0.4, 0.5) is 0 Å². The molecule has 2 amide bonds. The van der Waals surface area contributed by atoms with Crippen LogP contribution in [0.25, 0.3) is 0 Å². The fourth-order valence-corrected chi connectivity index (χ4v) is 2.95. The minimum atomic E-state index is -0.930. The highest BCUT2D eigenvalue weighted by Gasteiger charge is 2.34. The molecule has 5 nitrogen and oxygen atoms in total. The maximum Gasteiger partial charge on any atom is 0.245 e. The van der Waals surface area contributed by atoms with E-state index in [-0.39, 0.29) is 23.8 Å². The number of hydrogen-bond acceptors (Lipinski definition) is 3. The lowest BCUT2D eigenvalue weighted by Crippen LogP contribution is -2.54. The van der Waals surface area contributed by atoms with Gasteiger partial charge in [0.1, 0.15) is 6.04 Å². The summed E-state index contributed by atoms with van der Waals surface area (Å²) in [4.78, 5) is 24.3. The Morgan fingerprint density at radius 3 is 2.21 bits per heavy atom. The fraction of sp³-hybridized carbons (Fsp3) is 0.579. The third-order valence-electron chi connectivity index (χ3n) is 4.22. The van der Waals surface area contributed by atoms with Gasteiger partial charge in [-0.15, -0.1) is 0 Å². The van der Waals surface area contributed by atoms with Gasteiger partial charge in [0.05, 0.1) is 6.10 Å². The predicted molar refractivity (Wildman–Crippen MR) is 93.6 cm³/mol. The first-order valence-corrected chi connectivity index (χ1v) is 8.62. The van der Waals surface area contributed by atoms with Crippen molar-refractivity contribution < 1.29 is 14.7 Å². The molecule has 0 aliphatic heterocycles. The van der Waals surface area contributed by atoms with Crippen LogP contribution in [-0.2, 0) is 16.0 Å². The highest BCUT2D eigenvalue weighted by molar-refractivity contribution is 5.89. The first-order valence-electron chi connectivity index (χ1n) is 8.62. The molecular formula is C19H28N2O3. The summed E-state index contributed by atoms with van der Waals surface area (Å²) in [7, 11) is 0. The number of aliphatic hydroxyl groups excluding tert-OH is 1. The van der Waals surface area contributed by atoms with E-state index in [4.69, 9.17) is 0 Å². The van der Waals surface area contributed by atoms with Gasteiger partial charge in [-0.3, -0.25) is 9.59 Å². The maximum absolute atomic E-state index is 12.4. The average Bonchev–Trinajstić information content (AvgIpc) is 3.26. The van der Waals surface area contributed by atoms with Crippen LogP contribution < -0.4 is 10.6 Å². The van der Waals surface area contributed by atoms with Crippen molar-refractivity contribution in [3.63, 3.8) is 0 Å². The summed E-state index contributed by atoms with van der Waals surface area (Å²) in [5.74, 6) is -0.472. The highest BCUT2D eigenvalue weighted by atomic mass is 16.3. The van der Waals surface area contributed by atoms with E-state index in [2.05, 4.69) is 42.7 Å². The van der Waals surface area contributed by atoms with Crippen LogP contribution in [0.1, 0.15) is 43.4 Å². The van der Waals surface area contributed by atoms with E-state index in [1.54, 1.807) is 0 Å². The molecule has 0 spiro atoms. The first-order chi connectivity index (χ1) is 11.3. The molecule has 5 heteroatoms. The molecule has 1 aromatic carbocycles. The van der Waals surface area contributed by atoms with Gasteiger partial charge < -0.3 is 15.7 Å². The average molecular weight is 332 g/mol. The van der Waals surface area contributed by atoms with Gasteiger partial charge in [0.15, 0.2) is 0 Å². The van der Waals surface area contributed by atoms with Crippen molar-refractivity contribution in [2.45, 2.75) is 65.1 Å². The topological polar surface area (TPSA) is 78.4 Å². The van der Waals surface area contributed by atoms with Crippen molar-refractivity contribution >= 4 is 11.8 Å². The molecule has 3 N–H and O–H groups in total. The zero-order valence-electron chi connectivity index (χ0n) is 14.9. The molecule has 1 aromatic rings. The van der Waals surface area contributed by atoms with Gasteiger partial charge in [0.25, 0.3) is 0 Å². The Morgan fingerprint density at radius 2 is 1.71 bits per heavy atom. The lowest BCUT2D eigenvalue weighted by atomic mass is 10.0. The molecule has 3 atom stereocenters. The van der Waals surface area contributed by atoms with Crippen molar-refractivity contribution in [3.8, 4) is 0 Å². The largest absolute Gasteiger partial charge is 0.391 e. The van der Waals surface area contributed by atoms with E-state index in [1.807, 2.05) is 6.92 Å². The summed E-state index contributed by atoms with van der Waals surface area (Å²) < 4.78 is 0. The number of nitrogens with one attached hydrogen (secondary N) is 2. The number of rotatable bonds is 7. The second kappa shape index (κ2) is 7.79. The number of aliphatic hydroxyl groups is 1. The number of benzene rings is 1. The fourth-order valence-electron chi connectivity index (χ4n) is 2.95. The number of carbonyl (C=O) groups excluding carboxylic acids is 2. The predicted octanol–water partition coefficient (Wildman–Crippen LogP) is 1.63. The summed E-state index contributed by atoms with van der Waals surface area (Å²) in [5.41, 5.74) is 3.56. The van der Waals surface area contributed by atoms with Crippen LogP contribution in [0.5, 0.6) is 0 Å². The Hall–Kier alpha value is -1.88. The number of amides is 2. The van der Waals surface area contributed by atoms with Crippen LogP contribution in [-0.4, -0.2) is 35.1 Å². The lowest BCUT2D eigenvalue weighted by Gasteiger charge is -2.23. The van der Waals surface area contributed by atoms with Crippen molar-refractivity contribution in [1.82, 2.24) is 10.6 Å². The Balaban J connectivity index is 1.93. The van der Waals surface area contributed by atoms with Gasteiger partial charge in [-0.2, -0.15) is 0 Å². The van der Waals surface area contributed by atoms with Crippen molar-refractivity contribution in [1.29, 1.82) is 0 Å². The summed E-state index contributed by atoms with van der Waals surface area (Å²) >= 11 is 0. The van der Waals surface area contributed by atoms with E-state index >= 15 is 0 Å². The molecule has 132 valence electrons. The Morgan fingerprint density at radius 1 is 1.12 bits per heavy atom. The third-order valence-corrected chi connectivity index (χ3v) is 4.22. The summed E-state index contributed by atoms with van der Waals surface area (Å²) in [6.45, 7) is 7.55. The van der Waals surface area contributed by atoms with Crippen molar-refractivity contribution in [3.05, 3.63) is 34.9 Å². The number of carbonyl (C=O) groups is 2. The molecule has 0 heterocycles. The molecule has 1 saturated carbocycles. The number of aryl methyl sites for hydroxylation is 2. The van der Waals surface area contributed by atoms with Crippen LogP contribution in [0.2, 0.25) is 0 Å². The van der Waals surface area contributed by atoms with E-state index in [9.17, 15) is 14.7 Å². The molecule has 1 aliphatic rings. The first kappa shape index (κ1) is 18.5. The molecule has 3 unspecified atom stereocenters. The van der Waals surface area contributed by atoms with Gasteiger partial charge in [0.2, 0.25) is 11.8 Å². The van der Waals surface area contributed by atoms with Gasteiger partial charge in [-0.25, -0.2) is 0 Å². The minimum absolute atomic E-state index is 0.00624. The molecule has 0 bridgehead atoms. The Bertz CT molecular complexity index is 588. The normalized spacial score (nSPS) is 17.7. The van der Waals surface area contributed by atoms with E-state index in [0.29, 0.717) is 6.42 Å². The van der Waals surface area contributed by atoms with Crippen LogP contribution in [0.15, 0.2) is 18.2 Å². The van der Waals surface area contributed by atoms with Crippen LogP contribution in [0.3, 0.4) is 0 Å². The summed E-state index contributed by atoms with van der Waals surface area (Å²) in [5, 5.41) is 15.4. The van der Waals surface area contributed by atoms with E-state index in [0.717, 1.165) is 18.4 Å². The van der Waals surface area contributed by atoms with Crippen molar-refractivity contribution in [2.24, 2.45) is 5.92 Å². The van der Waals surface area contributed by atoms with Crippen LogP contribution in [0, 0.1) is 19.8 Å². The molecule has 24 heavy (non-hydrogen) atoms. The van der Waals surface area contributed by atoms with E-state index in [1.165, 1.54) is 18.1 Å². The highest BCUT2D eigenvalue weighted by Crippen LogP contribution is 2.29. The molecule has 1 aliphatic carbocycles. The second-order valence-corrected chi connectivity index (χ2v) is 7.11. The van der Waals surface area contributed by atoms with Gasteiger partial charge >= 0.3 is 0 Å². The second-order valence-electron chi connectivity index (χ2n) is 7.11. The zero-order valence-corrected chi connectivity index (χ0v) is 14.9. The third kappa shape index (κ3) is 5.34. The summed E-state index contributed by atoms with van der Waals surface area (Å²) in [6, 6.07) is 5.34. The molecule has 2 rings (SSSR count). The Kier molecular flexibility index (Phi) is 5.99. The Labute approximate surface area is 143 Å². The lowest BCUT2D eigenvalue weighted by molar-refractivity contribution is -0.132. The zero-order chi connectivity index (χ0) is 17.9. The quantitative estimate of drug-likeness (QED) is 0.710. The molecule has 1 fully saturated rings. The van der Waals surface area contributed by atoms with Crippen LogP contribution >= 0.6 is 0 Å². The SMILES string of the molecule is Cc1cc(C)cc(CC(C)NC(=O)C(NC(=O)C2CC2)C(C)O)c1. The van der Waals surface area contributed by atoms with Crippen molar-refractivity contribution in [2.75, 3.05) is 0 Å². The number of hydrogen-bond donors (Lipinski definition) is 3. The molecule has 0 radical (unpaired) electrons. The molecule has 0 aromatic heterocycles. The molecular weight excluding hydrogens is 304 g/mol. The van der Waals surface area contributed by atoms with Gasteiger partial charge in [0, 0.05) is 12.0 Å². The standard InChI is InChI=1S/C19H28N2O3/c1-11-7-12(2)9-15(8-11)10-13(3)20-19(24)17(14(4)22)21-18(23)16-5-6-16/h7-9,13-14,16-17,22H,5-6,10H2,1-4H3,(H,20,24)(H,21,23). The monoisotopic (exact) mass is 332 g/mol. The molecule has 0 saturated heterocycles. The van der Waals surface area contributed by atoms with E-state index < -0.39 is 12.1 Å². The maximum atomic E-state index is 12.4. The smallest absolute Gasteiger partial charge is 0.245 e.